The fourth-order valence-corrected chi connectivity index (χ4v) is 3.07. The number of fused-ring (bicyclic) bond motifs is 1. The molecule has 5 atom stereocenters. The molecule has 0 aromatic carbocycles. The number of aliphatic hydroxyl groups is 2. The molecule has 1 aliphatic heterocycles. The van der Waals surface area contributed by atoms with Crippen LogP contribution in [0.2, 0.25) is 0 Å². The summed E-state index contributed by atoms with van der Waals surface area (Å²) in [6.45, 7) is 3.12. The van der Waals surface area contributed by atoms with Gasteiger partial charge in [-0.1, -0.05) is 17.5 Å². The molecule has 1 aliphatic rings. The second kappa shape index (κ2) is 5.62. The molecule has 1 saturated heterocycles. The average molecular weight is 338 g/mol. The monoisotopic (exact) mass is 337 g/mol. The summed E-state index contributed by atoms with van der Waals surface area (Å²) in [5.74, 6) is 5.55. The molecule has 0 radical (unpaired) electrons. The number of aliphatic hydroxyl groups excluding tert-OH is 2. The second-order valence-corrected chi connectivity index (χ2v) is 6.00. The van der Waals surface area contributed by atoms with E-state index >= 15 is 0 Å². The molecule has 23 heavy (non-hydrogen) atoms. The molecular weight excluding hydrogens is 322 g/mol. The fourth-order valence-electron chi connectivity index (χ4n) is 2.69. The highest BCUT2D eigenvalue weighted by Crippen LogP contribution is 2.45. The number of aromatic nitrogens is 4. The van der Waals surface area contributed by atoms with Crippen LogP contribution in [0.3, 0.4) is 0 Å². The fraction of sp³-hybridized carbons (Fsp3) is 0.500. The van der Waals surface area contributed by atoms with E-state index in [1.54, 1.807) is 6.92 Å². The maximum absolute atomic E-state index is 10.5. The van der Waals surface area contributed by atoms with Gasteiger partial charge in [0.1, 0.15) is 17.7 Å². The molecule has 0 bridgehead atoms. The van der Waals surface area contributed by atoms with Crippen molar-refractivity contribution in [2.24, 2.45) is 0 Å². The Morgan fingerprint density at radius 2 is 2.26 bits per heavy atom. The summed E-state index contributed by atoms with van der Waals surface area (Å²) in [6.07, 6.45) is -0.970. The molecule has 1 fully saturated rings. The number of imidazole rings is 1. The van der Waals surface area contributed by atoms with Gasteiger partial charge in [0, 0.05) is 0 Å². The Kier molecular flexibility index (Phi) is 3.90. The Hall–Kier alpha value is -1.92. The molecule has 0 spiro atoms. The standard InChI is InChI=1S/C14H16ClN5O3/c1-3-4-14(15)10(22)9(7(2)21)23-12(14)20-6-18-8-5-17-13(16)19-11(8)20/h5-7,9-10,12,21-22H,1-2H3,(H2,16,17,19)/t7-,9+,10?,12+,14?/m0/s1. The first-order valence-corrected chi connectivity index (χ1v) is 7.35. The molecule has 9 heteroatoms. The maximum atomic E-state index is 10.5. The number of nitrogens with zero attached hydrogens (tertiary/aromatic N) is 4. The van der Waals surface area contributed by atoms with Crippen molar-refractivity contribution in [1.82, 2.24) is 19.5 Å². The van der Waals surface area contributed by atoms with Crippen molar-refractivity contribution in [3.8, 4) is 11.8 Å². The lowest BCUT2D eigenvalue weighted by atomic mass is 9.97. The number of alkyl halides is 1. The number of nitrogen functional groups attached to an aromatic ring is 1. The summed E-state index contributed by atoms with van der Waals surface area (Å²) in [7, 11) is 0. The molecule has 2 unspecified atom stereocenters. The predicted molar refractivity (Wildman–Crippen MR) is 83.4 cm³/mol. The SMILES string of the molecule is CC#CC1(Cl)C(O)[C@@H]([C@H](C)O)O[C@H]1n1cnc2cnc(N)nc21. The molecule has 3 rings (SSSR count). The van der Waals surface area contributed by atoms with Crippen LogP contribution in [-0.2, 0) is 4.74 Å². The molecule has 0 saturated carbocycles. The van der Waals surface area contributed by atoms with E-state index < -0.39 is 29.4 Å². The molecule has 0 amide bonds. The Bertz CT molecular complexity index is 799. The van der Waals surface area contributed by atoms with E-state index in [1.807, 2.05) is 0 Å². The molecule has 2 aromatic rings. The van der Waals surface area contributed by atoms with Crippen molar-refractivity contribution in [3.05, 3.63) is 12.5 Å². The van der Waals surface area contributed by atoms with Gasteiger partial charge in [-0.15, -0.1) is 5.92 Å². The van der Waals surface area contributed by atoms with Gasteiger partial charge in [0.2, 0.25) is 5.95 Å². The van der Waals surface area contributed by atoms with Crippen LogP contribution in [-0.4, -0.2) is 52.9 Å². The van der Waals surface area contributed by atoms with Crippen molar-refractivity contribution in [3.63, 3.8) is 0 Å². The lowest BCUT2D eigenvalue weighted by Gasteiger charge is -2.25. The summed E-state index contributed by atoms with van der Waals surface area (Å²) >= 11 is 6.57. The van der Waals surface area contributed by atoms with Gasteiger partial charge >= 0.3 is 0 Å². The van der Waals surface area contributed by atoms with E-state index in [-0.39, 0.29) is 5.95 Å². The summed E-state index contributed by atoms with van der Waals surface area (Å²) < 4.78 is 7.32. The second-order valence-electron chi connectivity index (χ2n) is 5.37. The minimum absolute atomic E-state index is 0.0756. The van der Waals surface area contributed by atoms with Crippen LogP contribution in [0.5, 0.6) is 0 Å². The molecule has 2 aromatic heterocycles. The zero-order valence-electron chi connectivity index (χ0n) is 12.5. The number of halogens is 1. The van der Waals surface area contributed by atoms with Gasteiger partial charge in [0.15, 0.2) is 16.7 Å². The number of ether oxygens (including phenoxy) is 1. The number of rotatable bonds is 2. The quantitative estimate of drug-likeness (QED) is 0.523. The molecule has 122 valence electrons. The van der Waals surface area contributed by atoms with Gasteiger partial charge in [-0.3, -0.25) is 4.57 Å². The summed E-state index contributed by atoms with van der Waals surface area (Å²) in [4.78, 5) is 10.7. The van der Waals surface area contributed by atoms with E-state index in [0.717, 1.165) is 0 Å². The van der Waals surface area contributed by atoms with Crippen LogP contribution >= 0.6 is 11.6 Å². The van der Waals surface area contributed by atoms with Gasteiger partial charge in [-0.05, 0) is 13.8 Å². The number of nitrogens with two attached hydrogens (primary N) is 1. The summed E-state index contributed by atoms with van der Waals surface area (Å²) in [5.41, 5.74) is 6.53. The van der Waals surface area contributed by atoms with Crippen LogP contribution < -0.4 is 5.73 Å². The van der Waals surface area contributed by atoms with Crippen molar-refractivity contribution in [2.75, 3.05) is 5.73 Å². The Balaban J connectivity index is 2.14. The highest BCUT2D eigenvalue weighted by Gasteiger charge is 2.57. The zero-order chi connectivity index (χ0) is 16.8. The number of anilines is 1. The first-order valence-electron chi connectivity index (χ1n) is 6.98. The average Bonchev–Trinajstić information content (AvgIpc) is 3.00. The third kappa shape index (κ3) is 2.42. The van der Waals surface area contributed by atoms with Gasteiger partial charge in [0.05, 0.1) is 18.6 Å². The highest BCUT2D eigenvalue weighted by molar-refractivity contribution is 6.27. The normalized spacial score (nSPS) is 31.8. The van der Waals surface area contributed by atoms with E-state index in [2.05, 4.69) is 26.8 Å². The van der Waals surface area contributed by atoms with Gasteiger partial charge in [-0.2, -0.15) is 4.98 Å². The topological polar surface area (TPSA) is 119 Å². The first-order chi connectivity index (χ1) is 10.9. The Labute approximate surface area is 137 Å². The predicted octanol–water partition coefficient (Wildman–Crippen LogP) is 0.0485. The van der Waals surface area contributed by atoms with Crippen LogP contribution in [0.4, 0.5) is 5.95 Å². The minimum Gasteiger partial charge on any atom is -0.391 e. The number of hydrogen-bond acceptors (Lipinski definition) is 7. The zero-order valence-corrected chi connectivity index (χ0v) is 13.3. The minimum atomic E-state index is -1.45. The molecule has 8 nitrogen and oxygen atoms in total. The molecule has 3 heterocycles. The van der Waals surface area contributed by atoms with Crippen molar-refractivity contribution in [1.29, 1.82) is 0 Å². The molecule has 4 N–H and O–H groups in total. The van der Waals surface area contributed by atoms with Gasteiger partial charge in [0.25, 0.3) is 0 Å². The maximum Gasteiger partial charge on any atom is 0.222 e. The van der Waals surface area contributed by atoms with E-state index in [4.69, 9.17) is 22.1 Å². The van der Waals surface area contributed by atoms with Gasteiger partial charge < -0.3 is 20.7 Å². The van der Waals surface area contributed by atoms with E-state index in [1.165, 1.54) is 24.0 Å². The van der Waals surface area contributed by atoms with Crippen LogP contribution in [0.1, 0.15) is 20.1 Å². The Morgan fingerprint density at radius 3 is 2.91 bits per heavy atom. The smallest absolute Gasteiger partial charge is 0.222 e. The highest BCUT2D eigenvalue weighted by atomic mass is 35.5. The summed E-state index contributed by atoms with van der Waals surface area (Å²) in [5, 5.41) is 20.3. The number of hydrogen-bond donors (Lipinski definition) is 3. The first kappa shape index (κ1) is 16.0. The third-order valence-electron chi connectivity index (χ3n) is 3.77. The third-order valence-corrected chi connectivity index (χ3v) is 4.27. The Morgan fingerprint density at radius 1 is 1.52 bits per heavy atom. The summed E-state index contributed by atoms with van der Waals surface area (Å²) in [6, 6.07) is 0. The molecular formula is C14H16ClN5O3. The van der Waals surface area contributed by atoms with Crippen LogP contribution in [0.15, 0.2) is 12.5 Å². The molecule has 0 aliphatic carbocycles. The van der Waals surface area contributed by atoms with Crippen LogP contribution in [0.25, 0.3) is 11.2 Å². The van der Waals surface area contributed by atoms with Gasteiger partial charge in [-0.25, -0.2) is 9.97 Å². The van der Waals surface area contributed by atoms with Crippen molar-refractivity contribution in [2.45, 2.75) is 43.3 Å². The van der Waals surface area contributed by atoms with Crippen LogP contribution in [0, 0.1) is 11.8 Å². The largest absolute Gasteiger partial charge is 0.391 e. The van der Waals surface area contributed by atoms with E-state index in [0.29, 0.717) is 11.2 Å². The van der Waals surface area contributed by atoms with Crippen molar-refractivity contribution >= 4 is 28.7 Å². The van der Waals surface area contributed by atoms with Crippen molar-refractivity contribution < 1.29 is 14.9 Å². The lowest BCUT2D eigenvalue weighted by Crippen LogP contribution is -2.43. The van der Waals surface area contributed by atoms with E-state index in [9.17, 15) is 10.2 Å². The lowest BCUT2D eigenvalue weighted by molar-refractivity contribution is -0.0752.